The Morgan fingerprint density at radius 1 is 1.22 bits per heavy atom. The maximum absolute atomic E-state index is 11.4. The van der Waals surface area contributed by atoms with E-state index in [4.69, 9.17) is 11.5 Å². The minimum Gasteiger partial charge on any atom is -0.384 e. The number of primary amides is 1. The average Bonchev–Trinajstić information content (AvgIpc) is 2.55. The summed E-state index contributed by atoms with van der Waals surface area (Å²) in [6.07, 6.45) is 0. The van der Waals surface area contributed by atoms with Crippen molar-refractivity contribution in [2.45, 2.75) is 20.4 Å². The Morgan fingerprint density at radius 2 is 1.83 bits per heavy atom. The van der Waals surface area contributed by atoms with Crippen molar-refractivity contribution in [3.8, 4) is 0 Å². The summed E-state index contributed by atoms with van der Waals surface area (Å²) in [7, 11) is 0. The van der Waals surface area contributed by atoms with Gasteiger partial charge in [0.1, 0.15) is 5.82 Å². The summed E-state index contributed by atoms with van der Waals surface area (Å²) in [6.45, 7) is 4.46. The Kier molecular flexibility index (Phi) is 3.10. The third-order valence-electron chi connectivity index (χ3n) is 3.30. The van der Waals surface area contributed by atoms with E-state index in [2.05, 4.69) is 0 Å². The van der Waals surface area contributed by atoms with Gasteiger partial charge in [-0.1, -0.05) is 30.3 Å². The molecule has 0 unspecified atom stereocenters. The average molecular weight is 243 g/mol. The van der Waals surface area contributed by atoms with E-state index in [1.165, 1.54) is 0 Å². The fraction of sp³-hybridized carbons (Fsp3) is 0.214. The molecule has 1 amide bonds. The second kappa shape index (κ2) is 4.56. The first kappa shape index (κ1) is 12.2. The molecule has 1 aromatic heterocycles. The van der Waals surface area contributed by atoms with Crippen LogP contribution in [0.5, 0.6) is 0 Å². The number of nitrogen functional groups attached to an aromatic ring is 1. The predicted molar refractivity (Wildman–Crippen MR) is 72.4 cm³/mol. The van der Waals surface area contributed by atoms with E-state index in [0.29, 0.717) is 17.9 Å². The van der Waals surface area contributed by atoms with Gasteiger partial charge in [0.15, 0.2) is 0 Å². The second-order valence-electron chi connectivity index (χ2n) is 4.41. The molecule has 0 bridgehead atoms. The van der Waals surface area contributed by atoms with Gasteiger partial charge in [0, 0.05) is 12.2 Å². The van der Waals surface area contributed by atoms with E-state index in [1.54, 1.807) is 0 Å². The maximum atomic E-state index is 11.4. The van der Waals surface area contributed by atoms with Crippen molar-refractivity contribution in [2.75, 3.05) is 5.73 Å². The van der Waals surface area contributed by atoms with Gasteiger partial charge < -0.3 is 16.0 Å². The first-order valence-electron chi connectivity index (χ1n) is 5.81. The number of nitrogens with two attached hydrogens (primary N) is 2. The Balaban J connectivity index is 2.46. The molecule has 18 heavy (non-hydrogen) atoms. The van der Waals surface area contributed by atoms with E-state index in [9.17, 15) is 4.79 Å². The zero-order valence-electron chi connectivity index (χ0n) is 10.6. The molecule has 0 atom stereocenters. The first-order valence-corrected chi connectivity index (χ1v) is 5.81. The molecule has 1 heterocycles. The van der Waals surface area contributed by atoms with Crippen molar-refractivity contribution in [3.63, 3.8) is 0 Å². The van der Waals surface area contributed by atoms with E-state index >= 15 is 0 Å². The molecule has 2 rings (SSSR count). The zero-order chi connectivity index (χ0) is 13.3. The van der Waals surface area contributed by atoms with Crippen LogP contribution in [0, 0.1) is 13.8 Å². The van der Waals surface area contributed by atoms with Crippen LogP contribution in [0.15, 0.2) is 30.3 Å². The van der Waals surface area contributed by atoms with Crippen molar-refractivity contribution < 1.29 is 4.79 Å². The monoisotopic (exact) mass is 243 g/mol. The number of hydrogen-bond donors (Lipinski definition) is 2. The number of rotatable bonds is 3. The SMILES string of the molecule is Cc1c(C(N)=O)c(N)n(Cc2ccccc2)c1C. The number of aromatic nitrogens is 1. The number of amides is 1. The lowest BCUT2D eigenvalue weighted by molar-refractivity contribution is 0.100. The zero-order valence-corrected chi connectivity index (χ0v) is 10.6. The highest BCUT2D eigenvalue weighted by atomic mass is 16.1. The molecular formula is C14H17N3O. The summed E-state index contributed by atoms with van der Waals surface area (Å²) in [5.41, 5.74) is 14.8. The van der Waals surface area contributed by atoms with Crippen LogP contribution in [0.4, 0.5) is 5.82 Å². The smallest absolute Gasteiger partial charge is 0.252 e. The minimum absolute atomic E-state index is 0.434. The van der Waals surface area contributed by atoms with Gasteiger partial charge in [-0.05, 0) is 25.0 Å². The van der Waals surface area contributed by atoms with Crippen LogP contribution >= 0.6 is 0 Å². The van der Waals surface area contributed by atoms with Crippen LogP contribution in [-0.2, 0) is 6.54 Å². The number of carbonyl (C=O) groups is 1. The van der Waals surface area contributed by atoms with Gasteiger partial charge in [0.2, 0.25) is 0 Å². The van der Waals surface area contributed by atoms with Crippen LogP contribution < -0.4 is 11.5 Å². The molecule has 4 nitrogen and oxygen atoms in total. The third-order valence-corrected chi connectivity index (χ3v) is 3.30. The molecule has 0 aliphatic carbocycles. The molecule has 0 fully saturated rings. The molecule has 0 saturated heterocycles. The molecule has 94 valence electrons. The van der Waals surface area contributed by atoms with Crippen molar-refractivity contribution in [3.05, 3.63) is 52.7 Å². The lowest BCUT2D eigenvalue weighted by atomic mass is 10.1. The number of nitrogens with zero attached hydrogens (tertiary/aromatic N) is 1. The molecule has 0 spiro atoms. The standard InChI is InChI=1S/C14H17N3O/c1-9-10(2)17(13(15)12(9)14(16)18)8-11-6-4-3-5-7-11/h3-7H,8,15H2,1-2H3,(H2,16,18). The van der Waals surface area contributed by atoms with E-state index < -0.39 is 5.91 Å². The largest absolute Gasteiger partial charge is 0.384 e. The van der Waals surface area contributed by atoms with Gasteiger partial charge in [-0.3, -0.25) is 4.79 Å². The van der Waals surface area contributed by atoms with Crippen LogP contribution in [0.2, 0.25) is 0 Å². The summed E-state index contributed by atoms with van der Waals surface area (Å²) in [6, 6.07) is 9.98. The summed E-state index contributed by atoms with van der Waals surface area (Å²) in [4.78, 5) is 11.4. The highest BCUT2D eigenvalue weighted by Crippen LogP contribution is 2.24. The van der Waals surface area contributed by atoms with Gasteiger partial charge in [0.05, 0.1) is 5.56 Å². The lowest BCUT2D eigenvalue weighted by Gasteiger charge is -2.09. The van der Waals surface area contributed by atoms with Gasteiger partial charge in [0.25, 0.3) is 5.91 Å². The molecular weight excluding hydrogens is 226 g/mol. The van der Waals surface area contributed by atoms with E-state index in [0.717, 1.165) is 16.8 Å². The number of hydrogen-bond acceptors (Lipinski definition) is 2. The van der Waals surface area contributed by atoms with Gasteiger partial charge in [-0.15, -0.1) is 0 Å². The van der Waals surface area contributed by atoms with E-state index in [-0.39, 0.29) is 0 Å². The Hall–Kier alpha value is -2.23. The second-order valence-corrected chi connectivity index (χ2v) is 4.41. The Bertz CT molecular complexity index is 585. The molecule has 0 aliphatic heterocycles. The Morgan fingerprint density at radius 3 is 2.33 bits per heavy atom. The minimum atomic E-state index is -0.472. The van der Waals surface area contributed by atoms with Gasteiger partial charge >= 0.3 is 0 Å². The normalized spacial score (nSPS) is 10.6. The fourth-order valence-electron chi connectivity index (χ4n) is 2.17. The molecule has 2 aromatic rings. The van der Waals surface area contributed by atoms with Crippen LogP contribution in [0.25, 0.3) is 0 Å². The lowest BCUT2D eigenvalue weighted by Crippen LogP contribution is -2.14. The summed E-state index contributed by atoms with van der Waals surface area (Å²) in [5, 5.41) is 0. The molecule has 4 N–H and O–H groups in total. The van der Waals surface area contributed by atoms with Gasteiger partial charge in [-0.2, -0.15) is 0 Å². The first-order chi connectivity index (χ1) is 8.52. The molecule has 0 saturated carbocycles. The summed E-state index contributed by atoms with van der Waals surface area (Å²) < 4.78 is 1.92. The van der Waals surface area contributed by atoms with Crippen LogP contribution in [0.3, 0.4) is 0 Å². The fourth-order valence-corrected chi connectivity index (χ4v) is 2.17. The topological polar surface area (TPSA) is 74.0 Å². The van der Waals surface area contributed by atoms with Gasteiger partial charge in [-0.25, -0.2) is 0 Å². The molecule has 0 radical (unpaired) electrons. The van der Waals surface area contributed by atoms with Crippen molar-refractivity contribution in [2.24, 2.45) is 5.73 Å². The predicted octanol–water partition coefficient (Wildman–Crippen LogP) is 1.83. The molecule has 4 heteroatoms. The summed E-state index contributed by atoms with van der Waals surface area (Å²) in [5.74, 6) is -0.0266. The number of anilines is 1. The van der Waals surface area contributed by atoms with Crippen LogP contribution in [-0.4, -0.2) is 10.5 Å². The highest BCUT2D eigenvalue weighted by Gasteiger charge is 2.19. The number of carbonyl (C=O) groups excluding carboxylic acids is 1. The Labute approximate surface area is 106 Å². The maximum Gasteiger partial charge on any atom is 0.252 e. The molecule has 1 aromatic carbocycles. The van der Waals surface area contributed by atoms with Crippen molar-refractivity contribution in [1.29, 1.82) is 0 Å². The van der Waals surface area contributed by atoms with E-state index in [1.807, 2.05) is 48.7 Å². The quantitative estimate of drug-likeness (QED) is 0.863. The van der Waals surface area contributed by atoms with Crippen molar-refractivity contribution in [1.82, 2.24) is 4.57 Å². The molecule has 0 aliphatic rings. The van der Waals surface area contributed by atoms with Crippen molar-refractivity contribution >= 4 is 11.7 Å². The third kappa shape index (κ3) is 1.97. The number of benzene rings is 1. The van der Waals surface area contributed by atoms with Crippen LogP contribution in [0.1, 0.15) is 27.2 Å². The summed E-state index contributed by atoms with van der Waals surface area (Å²) >= 11 is 0. The highest BCUT2D eigenvalue weighted by molar-refractivity contribution is 5.99.